The van der Waals surface area contributed by atoms with Gasteiger partial charge in [-0.25, -0.2) is 0 Å². The van der Waals surface area contributed by atoms with Gasteiger partial charge >= 0.3 is 0 Å². The first kappa shape index (κ1) is 13.8. The van der Waals surface area contributed by atoms with Crippen molar-refractivity contribution in [2.75, 3.05) is 6.54 Å². The average Bonchev–Trinajstić information content (AvgIpc) is 2.70. The molecule has 0 saturated carbocycles. The molecule has 18 heavy (non-hydrogen) atoms. The lowest BCUT2D eigenvalue weighted by Crippen LogP contribution is -2.31. The largest absolute Gasteiger partial charge is 0.508 e. The fraction of sp³-hybridized carbons (Fsp3) is 0.571. The molecule has 1 aromatic carbocycles. The minimum atomic E-state index is -0.258. The molecule has 0 aliphatic carbocycles. The first-order valence-corrected chi connectivity index (χ1v) is 7.25. The number of likely N-dealkylation sites (tertiary alicyclic amines) is 1. The van der Waals surface area contributed by atoms with Crippen LogP contribution in [0.25, 0.3) is 0 Å². The van der Waals surface area contributed by atoms with Gasteiger partial charge in [0.2, 0.25) is 0 Å². The standard InChI is InChI=1S/C14H20BrNO2/c1-10(17)7-13-3-2-6-16(13)9-11-8-12(15)4-5-14(11)18/h4-5,8,10,13,17-18H,2-3,6-7,9H2,1H3. The van der Waals surface area contributed by atoms with E-state index in [0.717, 1.165) is 36.0 Å². The van der Waals surface area contributed by atoms with Gasteiger partial charge in [-0.05, 0) is 50.9 Å². The molecule has 2 N–H and O–H groups in total. The number of rotatable bonds is 4. The molecule has 1 heterocycles. The van der Waals surface area contributed by atoms with Gasteiger partial charge in [0.1, 0.15) is 5.75 Å². The Morgan fingerprint density at radius 1 is 1.50 bits per heavy atom. The summed E-state index contributed by atoms with van der Waals surface area (Å²) in [5, 5.41) is 19.4. The van der Waals surface area contributed by atoms with Crippen molar-refractivity contribution >= 4 is 15.9 Å². The number of hydrogen-bond acceptors (Lipinski definition) is 3. The molecule has 0 amide bonds. The van der Waals surface area contributed by atoms with E-state index < -0.39 is 0 Å². The predicted molar refractivity (Wildman–Crippen MR) is 75.5 cm³/mol. The van der Waals surface area contributed by atoms with Crippen LogP contribution in [0.4, 0.5) is 0 Å². The lowest BCUT2D eigenvalue weighted by atomic mass is 10.1. The third kappa shape index (κ3) is 3.46. The van der Waals surface area contributed by atoms with Crippen LogP contribution in [-0.2, 0) is 6.54 Å². The lowest BCUT2D eigenvalue weighted by molar-refractivity contribution is 0.130. The Bertz CT molecular complexity index is 409. The zero-order chi connectivity index (χ0) is 13.1. The molecule has 3 nitrogen and oxygen atoms in total. The van der Waals surface area contributed by atoms with Crippen LogP contribution in [0, 0.1) is 0 Å². The third-order valence-electron chi connectivity index (χ3n) is 3.53. The van der Waals surface area contributed by atoms with Crippen molar-refractivity contribution in [1.29, 1.82) is 0 Å². The van der Waals surface area contributed by atoms with Crippen molar-refractivity contribution in [2.45, 2.75) is 44.9 Å². The Morgan fingerprint density at radius 3 is 3.00 bits per heavy atom. The quantitative estimate of drug-likeness (QED) is 0.898. The summed E-state index contributed by atoms with van der Waals surface area (Å²) in [7, 11) is 0. The van der Waals surface area contributed by atoms with E-state index in [1.54, 1.807) is 6.07 Å². The lowest BCUT2D eigenvalue weighted by Gasteiger charge is -2.25. The van der Waals surface area contributed by atoms with E-state index in [1.807, 2.05) is 19.1 Å². The molecule has 1 aliphatic rings. The molecule has 4 heteroatoms. The Balaban J connectivity index is 2.05. The molecule has 100 valence electrons. The molecule has 2 rings (SSSR count). The van der Waals surface area contributed by atoms with E-state index in [4.69, 9.17) is 0 Å². The number of halogens is 1. The maximum absolute atomic E-state index is 9.87. The number of nitrogens with zero attached hydrogens (tertiary/aromatic N) is 1. The first-order chi connectivity index (χ1) is 8.56. The van der Waals surface area contributed by atoms with Crippen molar-refractivity contribution in [3.05, 3.63) is 28.2 Å². The maximum atomic E-state index is 9.87. The van der Waals surface area contributed by atoms with Crippen LogP contribution in [0.3, 0.4) is 0 Å². The van der Waals surface area contributed by atoms with Gasteiger partial charge in [0.25, 0.3) is 0 Å². The number of phenols is 1. The zero-order valence-electron chi connectivity index (χ0n) is 10.6. The van der Waals surface area contributed by atoms with Crippen LogP contribution in [-0.4, -0.2) is 33.8 Å². The topological polar surface area (TPSA) is 43.7 Å². The molecule has 2 unspecified atom stereocenters. The number of benzene rings is 1. The Labute approximate surface area is 117 Å². The molecule has 1 aromatic rings. The highest BCUT2D eigenvalue weighted by molar-refractivity contribution is 9.10. The molecule has 1 aliphatic heterocycles. The summed E-state index contributed by atoms with van der Waals surface area (Å²) in [4.78, 5) is 2.36. The highest BCUT2D eigenvalue weighted by Gasteiger charge is 2.26. The maximum Gasteiger partial charge on any atom is 0.120 e. The molecule has 2 atom stereocenters. The van der Waals surface area contributed by atoms with Crippen LogP contribution < -0.4 is 0 Å². The first-order valence-electron chi connectivity index (χ1n) is 6.46. The number of aromatic hydroxyl groups is 1. The number of hydrogen-bond donors (Lipinski definition) is 2. The number of phenolic OH excluding ortho intramolecular Hbond substituents is 1. The van der Waals surface area contributed by atoms with Crippen molar-refractivity contribution in [2.24, 2.45) is 0 Å². The Hall–Kier alpha value is -0.580. The molecule has 0 aromatic heterocycles. The summed E-state index contributed by atoms with van der Waals surface area (Å²) in [6.07, 6.45) is 2.87. The van der Waals surface area contributed by atoms with E-state index in [-0.39, 0.29) is 6.10 Å². The fourth-order valence-electron chi connectivity index (χ4n) is 2.66. The summed E-state index contributed by atoms with van der Waals surface area (Å²) in [5.41, 5.74) is 0.946. The molecule has 0 bridgehead atoms. The minimum absolute atomic E-state index is 0.258. The smallest absolute Gasteiger partial charge is 0.120 e. The second kappa shape index (κ2) is 6.04. The molecular weight excluding hydrogens is 294 g/mol. The van der Waals surface area contributed by atoms with Crippen molar-refractivity contribution in [3.63, 3.8) is 0 Å². The summed E-state index contributed by atoms with van der Waals surface area (Å²) >= 11 is 3.43. The van der Waals surface area contributed by atoms with Gasteiger partial charge < -0.3 is 10.2 Å². The predicted octanol–water partition coefficient (Wildman–Crippen LogP) is 2.89. The van der Waals surface area contributed by atoms with Gasteiger partial charge in [-0.2, -0.15) is 0 Å². The minimum Gasteiger partial charge on any atom is -0.508 e. The summed E-state index contributed by atoms with van der Waals surface area (Å²) in [6.45, 7) is 3.64. The van der Waals surface area contributed by atoms with Crippen LogP contribution in [0.1, 0.15) is 31.7 Å². The van der Waals surface area contributed by atoms with E-state index in [9.17, 15) is 10.2 Å². The van der Waals surface area contributed by atoms with Crippen LogP contribution in [0.5, 0.6) is 5.75 Å². The van der Waals surface area contributed by atoms with E-state index in [2.05, 4.69) is 20.8 Å². The monoisotopic (exact) mass is 313 g/mol. The molecular formula is C14H20BrNO2. The summed E-state index contributed by atoms with van der Waals surface area (Å²) in [6, 6.07) is 5.96. The second-order valence-corrected chi connectivity index (χ2v) is 6.04. The molecule has 0 spiro atoms. The Kier molecular flexibility index (Phi) is 4.65. The zero-order valence-corrected chi connectivity index (χ0v) is 12.2. The van der Waals surface area contributed by atoms with Crippen molar-refractivity contribution < 1.29 is 10.2 Å². The average molecular weight is 314 g/mol. The molecule has 1 saturated heterocycles. The van der Waals surface area contributed by atoms with Gasteiger partial charge in [0.15, 0.2) is 0 Å². The van der Waals surface area contributed by atoms with E-state index >= 15 is 0 Å². The molecule has 0 radical (unpaired) electrons. The Morgan fingerprint density at radius 2 is 2.28 bits per heavy atom. The van der Waals surface area contributed by atoms with Gasteiger partial charge in [0.05, 0.1) is 6.10 Å². The SMILES string of the molecule is CC(O)CC1CCCN1Cc1cc(Br)ccc1O. The summed E-state index contributed by atoms with van der Waals surface area (Å²) in [5.74, 6) is 0.348. The number of aliphatic hydroxyl groups excluding tert-OH is 1. The van der Waals surface area contributed by atoms with Gasteiger partial charge in [0, 0.05) is 22.6 Å². The third-order valence-corrected chi connectivity index (χ3v) is 4.02. The number of aliphatic hydroxyl groups is 1. The van der Waals surface area contributed by atoms with Gasteiger partial charge in [-0.1, -0.05) is 15.9 Å². The van der Waals surface area contributed by atoms with Crippen LogP contribution >= 0.6 is 15.9 Å². The van der Waals surface area contributed by atoms with Gasteiger partial charge in [-0.3, -0.25) is 4.90 Å². The van der Waals surface area contributed by atoms with Crippen molar-refractivity contribution in [3.8, 4) is 5.75 Å². The normalized spacial score (nSPS) is 22.3. The van der Waals surface area contributed by atoms with Crippen LogP contribution in [0.2, 0.25) is 0 Å². The highest BCUT2D eigenvalue weighted by Crippen LogP contribution is 2.28. The molecule has 1 fully saturated rings. The summed E-state index contributed by atoms with van der Waals surface area (Å²) < 4.78 is 0.988. The second-order valence-electron chi connectivity index (χ2n) is 5.12. The van der Waals surface area contributed by atoms with E-state index in [1.165, 1.54) is 6.42 Å². The van der Waals surface area contributed by atoms with Crippen molar-refractivity contribution in [1.82, 2.24) is 4.90 Å². The van der Waals surface area contributed by atoms with Crippen LogP contribution in [0.15, 0.2) is 22.7 Å². The fourth-order valence-corrected chi connectivity index (χ4v) is 3.07. The van der Waals surface area contributed by atoms with Gasteiger partial charge in [-0.15, -0.1) is 0 Å². The highest BCUT2D eigenvalue weighted by atomic mass is 79.9. The van der Waals surface area contributed by atoms with E-state index in [0.29, 0.717) is 11.8 Å².